The van der Waals surface area contributed by atoms with Gasteiger partial charge in [-0.05, 0) is 42.9 Å². The summed E-state index contributed by atoms with van der Waals surface area (Å²) in [5, 5.41) is 0. The van der Waals surface area contributed by atoms with Crippen molar-refractivity contribution in [1.29, 1.82) is 0 Å². The molecule has 0 bridgehead atoms. The normalized spacial score (nSPS) is 12.8. The fourth-order valence-electron chi connectivity index (χ4n) is 1.54. The maximum atomic E-state index is 13.1. The molecule has 1 nitrogen and oxygen atoms in total. The van der Waals surface area contributed by atoms with E-state index in [1.807, 2.05) is 13.0 Å². The predicted octanol–water partition coefficient (Wildman–Crippen LogP) is 4.13. The molecule has 1 atom stereocenters. The summed E-state index contributed by atoms with van der Waals surface area (Å²) in [4.78, 5) is 1.12. The van der Waals surface area contributed by atoms with Crippen LogP contribution in [-0.4, -0.2) is 5.75 Å². The van der Waals surface area contributed by atoms with Crippen molar-refractivity contribution < 1.29 is 4.39 Å². The van der Waals surface area contributed by atoms with E-state index in [4.69, 9.17) is 5.73 Å². The van der Waals surface area contributed by atoms with E-state index in [0.29, 0.717) is 0 Å². The summed E-state index contributed by atoms with van der Waals surface area (Å²) >= 11 is 1.78. The summed E-state index contributed by atoms with van der Waals surface area (Å²) in [6.45, 7) is 4.08. The first-order chi connectivity index (χ1) is 7.65. The van der Waals surface area contributed by atoms with Crippen molar-refractivity contribution in [2.24, 2.45) is 5.73 Å². The molecule has 0 radical (unpaired) electrons. The quantitative estimate of drug-likeness (QED) is 0.598. The van der Waals surface area contributed by atoms with E-state index < -0.39 is 0 Å². The van der Waals surface area contributed by atoms with Gasteiger partial charge in [-0.15, -0.1) is 11.8 Å². The van der Waals surface area contributed by atoms with Crippen molar-refractivity contribution in [2.75, 3.05) is 5.75 Å². The van der Waals surface area contributed by atoms with Gasteiger partial charge in [0.1, 0.15) is 5.82 Å². The van der Waals surface area contributed by atoms with Gasteiger partial charge in [-0.25, -0.2) is 4.39 Å². The lowest BCUT2D eigenvalue weighted by atomic mass is 10.1. The topological polar surface area (TPSA) is 26.0 Å². The summed E-state index contributed by atoms with van der Waals surface area (Å²) in [7, 11) is 0. The third-order valence-electron chi connectivity index (χ3n) is 2.47. The minimum atomic E-state index is -0.204. The maximum absolute atomic E-state index is 13.1. The number of hydrogen-bond donors (Lipinski definition) is 1. The lowest BCUT2D eigenvalue weighted by Gasteiger charge is -2.12. The molecular formula is C13H20FNS. The molecule has 0 amide bonds. The van der Waals surface area contributed by atoms with Gasteiger partial charge in [0.05, 0.1) is 0 Å². The zero-order chi connectivity index (χ0) is 12.0. The Kier molecular flexibility index (Phi) is 5.85. The van der Waals surface area contributed by atoms with E-state index in [-0.39, 0.29) is 11.9 Å². The van der Waals surface area contributed by atoms with Crippen LogP contribution in [0.15, 0.2) is 23.1 Å². The highest BCUT2D eigenvalue weighted by molar-refractivity contribution is 7.99. The molecule has 0 unspecified atom stereocenters. The van der Waals surface area contributed by atoms with Crippen molar-refractivity contribution in [3.8, 4) is 0 Å². The third-order valence-corrected chi connectivity index (χ3v) is 3.64. The number of halogens is 1. The molecule has 2 N–H and O–H groups in total. The number of benzene rings is 1. The molecule has 0 fully saturated rings. The van der Waals surface area contributed by atoms with Crippen molar-refractivity contribution >= 4 is 11.8 Å². The smallest absolute Gasteiger partial charge is 0.123 e. The molecule has 90 valence electrons. The van der Waals surface area contributed by atoms with Gasteiger partial charge < -0.3 is 5.73 Å². The molecule has 1 aromatic rings. The average Bonchev–Trinajstić information content (AvgIpc) is 2.26. The van der Waals surface area contributed by atoms with Gasteiger partial charge >= 0.3 is 0 Å². The fraction of sp³-hybridized carbons (Fsp3) is 0.538. The molecule has 0 aliphatic heterocycles. The van der Waals surface area contributed by atoms with Gasteiger partial charge in [-0.2, -0.15) is 0 Å². The summed E-state index contributed by atoms with van der Waals surface area (Å²) in [5.41, 5.74) is 6.75. The first kappa shape index (κ1) is 13.5. The van der Waals surface area contributed by atoms with Crippen LogP contribution in [0.1, 0.15) is 44.7 Å². The van der Waals surface area contributed by atoms with Crippen LogP contribution >= 0.6 is 11.8 Å². The molecule has 1 rings (SSSR count). The molecule has 3 heteroatoms. The second-order valence-electron chi connectivity index (χ2n) is 4.03. The molecule has 16 heavy (non-hydrogen) atoms. The zero-order valence-electron chi connectivity index (χ0n) is 10.0. The van der Waals surface area contributed by atoms with Gasteiger partial charge in [-0.1, -0.05) is 19.8 Å². The minimum Gasteiger partial charge on any atom is -0.324 e. The van der Waals surface area contributed by atoms with Crippen LogP contribution in [0, 0.1) is 5.82 Å². The van der Waals surface area contributed by atoms with Crippen LogP contribution in [0.3, 0.4) is 0 Å². The highest BCUT2D eigenvalue weighted by Crippen LogP contribution is 2.28. The van der Waals surface area contributed by atoms with Crippen LogP contribution in [0.5, 0.6) is 0 Å². The van der Waals surface area contributed by atoms with Crippen molar-refractivity contribution in [3.05, 3.63) is 29.6 Å². The minimum absolute atomic E-state index is 0.107. The first-order valence-corrected chi connectivity index (χ1v) is 6.81. The largest absolute Gasteiger partial charge is 0.324 e. The van der Waals surface area contributed by atoms with Crippen molar-refractivity contribution in [2.45, 2.75) is 44.0 Å². The third kappa shape index (κ3) is 4.14. The Morgan fingerprint density at radius 2 is 2.12 bits per heavy atom. The fourth-order valence-corrected chi connectivity index (χ4v) is 2.68. The Morgan fingerprint density at radius 3 is 2.75 bits per heavy atom. The van der Waals surface area contributed by atoms with Crippen LogP contribution in [0.4, 0.5) is 4.39 Å². The Balaban J connectivity index is 2.64. The number of rotatable bonds is 6. The predicted molar refractivity (Wildman–Crippen MR) is 69.3 cm³/mol. The molecule has 0 saturated carbocycles. The van der Waals surface area contributed by atoms with Crippen molar-refractivity contribution in [3.63, 3.8) is 0 Å². The van der Waals surface area contributed by atoms with Gasteiger partial charge in [0.15, 0.2) is 0 Å². The lowest BCUT2D eigenvalue weighted by molar-refractivity contribution is 0.619. The maximum Gasteiger partial charge on any atom is 0.123 e. The summed E-state index contributed by atoms with van der Waals surface area (Å²) in [6.07, 6.45) is 3.68. The van der Waals surface area contributed by atoms with Gasteiger partial charge in [0.2, 0.25) is 0 Å². The molecule has 0 saturated heterocycles. The first-order valence-electron chi connectivity index (χ1n) is 5.83. The standard InChI is InChI=1S/C13H20FNS/c1-3-4-5-8-16-13-7-6-11(14)9-12(13)10(2)15/h6-7,9-10H,3-5,8,15H2,1-2H3/t10-/m1/s1. The second-order valence-corrected chi connectivity index (χ2v) is 5.16. The Labute approximate surface area is 102 Å². The van der Waals surface area contributed by atoms with Crippen LogP contribution < -0.4 is 5.73 Å². The lowest BCUT2D eigenvalue weighted by Crippen LogP contribution is -2.07. The van der Waals surface area contributed by atoms with E-state index >= 15 is 0 Å². The van der Waals surface area contributed by atoms with Crippen LogP contribution in [-0.2, 0) is 0 Å². The Morgan fingerprint density at radius 1 is 1.38 bits per heavy atom. The molecule has 0 heterocycles. The van der Waals surface area contributed by atoms with Gasteiger partial charge in [0, 0.05) is 10.9 Å². The van der Waals surface area contributed by atoms with Gasteiger partial charge in [0.25, 0.3) is 0 Å². The van der Waals surface area contributed by atoms with Gasteiger partial charge in [-0.3, -0.25) is 0 Å². The van der Waals surface area contributed by atoms with E-state index in [1.54, 1.807) is 17.8 Å². The van der Waals surface area contributed by atoms with E-state index in [9.17, 15) is 4.39 Å². The number of thioether (sulfide) groups is 1. The molecule has 0 aromatic heterocycles. The van der Waals surface area contributed by atoms with E-state index in [2.05, 4.69) is 6.92 Å². The highest BCUT2D eigenvalue weighted by Gasteiger charge is 2.08. The van der Waals surface area contributed by atoms with Crippen LogP contribution in [0.2, 0.25) is 0 Å². The summed E-state index contributed by atoms with van der Waals surface area (Å²) < 4.78 is 13.1. The molecule has 0 aliphatic carbocycles. The Hall–Kier alpha value is -0.540. The SMILES string of the molecule is CCCCCSc1ccc(F)cc1[C@@H](C)N. The highest BCUT2D eigenvalue weighted by atomic mass is 32.2. The van der Waals surface area contributed by atoms with Crippen molar-refractivity contribution in [1.82, 2.24) is 0 Å². The van der Waals surface area contributed by atoms with E-state index in [1.165, 1.54) is 25.3 Å². The molecule has 0 spiro atoms. The monoisotopic (exact) mass is 241 g/mol. The van der Waals surface area contributed by atoms with E-state index in [0.717, 1.165) is 16.2 Å². The zero-order valence-corrected chi connectivity index (χ0v) is 10.8. The number of hydrogen-bond acceptors (Lipinski definition) is 2. The molecule has 0 aliphatic rings. The molecule has 1 aromatic carbocycles. The molecular weight excluding hydrogens is 221 g/mol. The second kappa shape index (κ2) is 6.92. The van der Waals surface area contributed by atoms with Crippen LogP contribution in [0.25, 0.3) is 0 Å². The number of nitrogens with two attached hydrogens (primary N) is 1. The average molecular weight is 241 g/mol. The Bertz CT molecular complexity index is 326. The number of unbranched alkanes of at least 4 members (excludes halogenated alkanes) is 2. The summed E-state index contributed by atoms with van der Waals surface area (Å²) in [6, 6.07) is 4.79. The summed E-state index contributed by atoms with van der Waals surface area (Å²) in [5.74, 6) is 0.879.